The van der Waals surface area contributed by atoms with E-state index in [0.717, 1.165) is 60.9 Å². The molecule has 0 bridgehead atoms. The Bertz CT molecular complexity index is 2820. The fraction of sp³-hybridized carbons (Fsp3) is 0.513. The molecule has 0 radical (unpaired) electrons. The molecular formula is C76H113BrCl3IMgN4O5S. The first-order valence-electron chi connectivity index (χ1n) is 31.2. The number of benzene rings is 4. The van der Waals surface area contributed by atoms with Gasteiger partial charge in [-0.2, -0.15) is 24.6 Å². The zero-order chi connectivity index (χ0) is 67.7. The number of ketones is 2. The molecule has 9 rings (SSSR count). The minimum atomic E-state index is -1.67. The largest absolute Gasteiger partial charge is 2.00 e. The summed E-state index contributed by atoms with van der Waals surface area (Å²) < 4.78 is 14.0. The van der Waals surface area contributed by atoms with E-state index in [0.29, 0.717) is 43.7 Å². The van der Waals surface area contributed by atoms with E-state index in [4.69, 9.17) is 8.95 Å². The minimum absolute atomic E-state index is 0. The van der Waals surface area contributed by atoms with Gasteiger partial charge in [-0.15, -0.1) is 36.1 Å². The zero-order valence-electron chi connectivity index (χ0n) is 58.7. The van der Waals surface area contributed by atoms with Crippen LogP contribution in [0.25, 0.3) is 24.3 Å². The number of hydrogen-bond donors (Lipinski definition) is 5. The maximum absolute atomic E-state index is 11.3. The fourth-order valence-electron chi connectivity index (χ4n) is 13.2. The van der Waals surface area contributed by atoms with Gasteiger partial charge in [-0.3, -0.25) is 9.59 Å². The number of aliphatic hydroxyl groups is 1. The van der Waals surface area contributed by atoms with Crippen LogP contribution in [0.3, 0.4) is 0 Å². The van der Waals surface area contributed by atoms with Gasteiger partial charge >= 0.3 is 23.1 Å². The maximum atomic E-state index is 11.3. The summed E-state index contributed by atoms with van der Waals surface area (Å²) in [4.78, 5) is 22.5. The number of alkyl halides is 1. The Hall–Kier alpha value is -2.45. The molecule has 0 aliphatic carbocycles. The molecule has 9 nitrogen and oxygen atoms in total. The third-order valence-corrected chi connectivity index (χ3v) is 15.5. The number of Topliss-reactive ketones (excluding diaryl/α,β-unsaturated/α-hetero) is 2. The summed E-state index contributed by atoms with van der Waals surface area (Å²) >= 11 is 3.38. The van der Waals surface area contributed by atoms with Crippen molar-refractivity contribution in [1.29, 1.82) is 0 Å². The van der Waals surface area contributed by atoms with Gasteiger partial charge in [0.15, 0.2) is 0 Å². The summed E-state index contributed by atoms with van der Waals surface area (Å²) in [5.74, 6) is 0.748. The van der Waals surface area contributed by atoms with Crippen LogP contribution >= 0.6 is 61.3 Å². The first-order chi connectivity index (χ1) is 41.0. The van der Waals surface area contributed by atoms with Gasteiger partial charge in [-0.1, -0.05) is 157 Å². The summed E-state index contributed by atoms with van der Waals surface area (Å²) in [6.07, 6.45) is 19.4. The van der Waals surface area contributed by atoms with E-state index in [2.05, 4.69) is 281 Å². The number of hydrogen-bond acceptors (Lipinski definition) is 9. The van der Waals surface area contributed by atoms with Gasteiger partial charge in [-0.25, -0.2) is 4.21 Å². The predicted molar refractivity (Wildman–Crippen MR) is 412 cm³/mol. The van der Waals surface area contributed by atoms with Gasteiger partial charge in [0.2, 0.25) is 9.23 Å². The van der Waals surface area contributed by atoms with Crippen LogP contribution in [0, 0.1) is 6.92 Å². The van der Waals surface area contributed by atoms with Crippen LogP contribution in [0.2, 0.25) is 0 Å². The quantitative estimate of drug-likeness (QED) is 0.0278. The maximum Gasteiger partial charge on any atom is 2.00 e. The van der Waals surface area contributed by atoms with E-state index in [9.17, 15) is 14.7 Å². The summed E-state index contributed by atoms with van der Waals surface area (Å²) in [5, 5.41) is 26.2. The molecule has 5 heterocycles. The third kappa shape index (κ3) is 40.3. The molecule has 4 aromatic rings. The second kappa shape index (κ2) is 41.7. The van der Waals surface area contributed by atoms with Crippen LogP contribution in [-0.4, -0.2) is 107 Å². The molecule has 0 saturated carbocycles. The van der Waals surface area contributed by atoms with Crippen molar-refractivity contribution in [2.75, 3.05) is 13.2 Å². The van der Waals surface area contributed by atoms with Gasteiger partial charge in [0.05, 0.1) is 5.60 Å². The van der Waals surface area contributed by atoms with E-state index in [1.165, 1.54) is 46.2 Å². The number of nitrogens with one attached hydrogen (secondary N) is 4. The molecule has 5 aliphatic heterocycles. The van der Waals surface area contributed by atoms with Crippen LogP contribution in [-0.2, 0) is 41.7 Å². The normalized spacial score (nSPS) is 19.7. The molecule has 16 heteroatoms. The third-order valence-electron chi connectivity index (χ3n) is 14.8. The smallest absolute Gasteiger partial charge is 1.00 e. The average molecular weight is 1530 g/mol. The first-order valence-corrected chi connectivity index (χ1v) is 35.1. The second-order valence-corrected chi connectivity index (χ2v) is 32.6. The van der Waals surface area contributed by atoms with Crippen LogP contribution in [0.1, 0.15) is 213 Å². The number of ether oxygens (including phenoxy) is 1. The SMILES string of the molecule is C1CCOC1.C=Cc1ccc(CBr)cc1.C=Cc1ccc(CC2(O)CC(C)(C)NC(C)(C)C2)cc1.C=Cc1ccc(CC2=CC(C)(C)NC(C)(C)C2)cc1.C=Cc1ccc([CH2-])cc1.CC1(C)CC(=O)CC(C)(C)N1.CC1(C)CC(=O)CC(C)(C)N1.I.O=S(Cl)Cl.[Cl-].[Mg+2]. The minimum Gasteiger partial charge on any atom is -1.00 e. The Balaban J connectivity index is 0. The summed E-state index contributed by atoms with van der Waals surface area (Å²) in [6.45, 7) is 55.0. The van der Waals surface area contributed by atoms with E-state index in [-0.39, 0.29) is 104 Å². The van der Waals surface area contributed by atoms with E-state index >= 15 is 0 Å². The Morgan fingerprint density at radius 2 is 0.815 bits per heavy atom. The molecule has 0 unspecified atom stereocenters. The molecule has 0 spiro atoms. The molecule has 4 saturated heterocycles. The molecule has 5 aliphatic rings. The van der Waals surface area contributed by atoms with Crippen LogP contribution < -0.4 is 33.7 Å². The van der Waals surface area contributed by atoms with Crippen LogP contribution in [0.4, 0.5) is 0 Å². The average Bonchev–Trinajstić information content (AvgIpc) is 0.920. The van der Waals surface area contributed by atoms with Gasteiger partial charge in [0, 0.05) is 116 Å². The van der Waals surface area contributed by atoms with Crippen molar-refractivity contribution in [2.24, 2.45) is 0 Å². The summed E-state index contributed by atoms with van der Waals surface area (Å²) in [6, 6.07) is 33.2. The van der Waals surface area contributed by atoms with Crippen molar-refractivity contribution < 1.29 is 36.0 Å². The molecule has 510 valence electrons. The Morgan fingerprint density at radius 3 is 1.10 bits per heavy atom. The molecule has 4 aromatic carbocycles. The number of carbonyl (C=O) groups is 2. The monoisotopic (exact) mass is 1530 g/mol. The molecule has 0 atom stereocenters. The molecular weight excluding hydrogens is 1420 g/mol. The van der Waals surface area contributed by atoms with Gasteiger partial charge in [0.25, 0.3) is 0 Å². The second-order valence-electron chi connectivity index (χ2n) is 29.5. The van der Waals surface area contributed by atoms with Gasteiger partial charge in [-0.05, 0) is 183 Å². The summed E-state index contributed by atoms with van der Waals surface area (Å²) in [5.41, 5.74) is 10.5. The van der Waals surface area contributed by atoms with Crippen molar-refractivity contribution in [3.63, 3.8) is 0 Å². The van der Waals surface area contributed by atoms with Gasteiger partial charge in [0.1, 0.15) is 11.6 Å². The molecule has 5 N–H and O–H groups in total. The molecule has 92 heavy (non-hydrogen) atoms. The number of rotatable bonds is 9. The fourth-order valence-corrected chi connectivity index (χ4v) is 13.6. The standard InChI is InChI=1S/C18H27NO.C18H25N.C9H9Br.2C9H17NO.C9H9.C4H8O.Cl2OS.ClH.HI.Mg/c1-6-14-7-9-15(10-8-14)11-18(20)12-16(2,3)19-17(4,5)13-18;1-6-14-7-9-15(10-8-14)11-16-12-17(2,3)19-18(4,5)13-16;1-2-8-3-5-9(7-10)6-4-8;2*1-8(2)5-7(11)6-9(3,4)10-8;1-3-9-6-4-8(2)5-7-9;1-2-4-5-3-1;1-4(2)3;;;/h6-10,19-20H,1,11-13H2,2-5H3;6-10,12,19H,1,11,13H2,2-5H3;2-6H,1,7H2;2*10H,5-6H2,1-4H3;3-7H,1-2H2;1-4H2;;2*1H;/q;;;;;-1;;;;;+2/p-1. The molecule has 0 amide bonds. The number of piperidine rings is 3. The van der Waals surface area contributed by atoms with Gasteiger partial charge < -0.3 is 43.5 Å². The van der Waals surface area contributed by atoms with E-state index in [1.54, 1.807) is 0 Å². The van der Waals surface area contributed by atoms with E-state index < -0.39 is 14.8 Å². The first kappa shape index (κ1) is 91.6. The zero-order valence-corrected chi connectivity index (χ0v) is 67.1. The van der Waals surface area contributed by atoms with Crippen molar-refractivity contribution in [2.45, 2.75) is 237 Å². The Labute approximate surface area is 617 Å². The number of carbonyl (C=O) groups excluding carboxylic acids is 2. The molecule has 4 fully saturated rings. The van der Waals surface area contributed by atoms with Crippen molar-refractivity contribution in [3.05, 3.63) is 186 Å². The Kier molecular flexibility index (Phi) is 41.5. The van der Waals surface area contributed by atoms with Crippen LogP contribution in [0.5, 0.6) is 0 Å². The van der Waals surface area contributed by atoms with Crippen LogP contribution in [0.15, 0.2) is 135 Å². The van der Waals surface area contributed by atoms with E-state index in [1.807, 2.05) is 48.6 Å². The Morgan fingerprint density at radius 1 is 0.522 bits per heavy atom. The predicted octanol–water partition coefficient (Wildman–Crippen LogP) is 15.7. The summed E-state index contributed by atoms with van der Waals surface area (Å²) in [7, 11) is 7.36. The van der Waals surface area contributed by atoms with Crippen molar-refractivity contribution in [3.8, 4) is 0 Å². The van der Waals surface area contributed by atoms with Crippen molar-refractivity contribution in [1.82, 2.24) is 21.3 Å². The molecule has 0 aromatic heterocycles. The van der Waals surface area contributed by atoms with Crippen molar-refractivity contribution >= 4 is 129 Å². The topological polar surface area (TPSA) is 129 Å². The number of halogens is 5.